The number of nitrogens with zero attached hydrogens (tertiary/aromatic N) is 3. The highest BCUT2D eigenvalue weighted by molar-refractivity contribution is 14.0. The van der Waals surface area contributed by atoms with Gasteiger partial charge in [-0.2, -0.15) is 0 Å². The minimum atomic E-state index is -0.0559. The van der Waals surface area contributed by atoms with Crippen LogP contribution in [0.3, 0.4) is 0 Å². The number of carbonyl (C=O) groups excluding carboxylic acids is 1. The lowest BCUT2D eigenvalue weighted by Gasteiger charge is -2.33. The van der Waals surface area contributed by atoms with Crippen molar-refractivity contribution in [2.45, 2.75) is 46.5 Å². The Labute approximate surface area is 177 Å². The molecular formula is C18H31IN4O2S. The molecule has 1 aliphatic heterocycles. The zero-order valence-corrected chi connectivity index (χ0v) is 19.1. The van der Waals surface area contributed by atoms with E-state index >= 15 is 0 Å². The van der Waals surface area contributed by atoms with Crippen LogP contribution in [-0.4, -0.2) is 54.6 Å². The smallest absolute Gasteiger partial charge is 0.309 e. The Morgan fingerprint density at radius 1 is 1.38 bits per heavy atom. The van der Waals surface area contributed by atoms with Crippen molar-refractivity contribution in [2.75, 3.05) is 32.8 Å². The molecule has 0 aliphatic carbocycles. The number of hydrogen-bond donors (Lipinski definition) is 1. The molecule has 1 fully saturated rings. The summed E-state index contributed by atoms with van der Waals surface area (Å²) >= 11 is 1.78. The number of carbonyl (C=O) groups is 1. The largest absolute Gasteiger partial charge is 0.466 e. The van der Waals surface area contributed by atoms with E-state index in [4.69, 9.17) is 9.73 Å². The van der Waals surface area contributed by atoms with Crippen LogP contribution in [0.15, 0.2) is 11.2 Å². The first kappa shape index (κ1) is 23.1. The zero-order valence-electron chi connectivity index (χ0n) is 16.0. The highest BCUT2D eigenvalue weighted by Crippen LogP contribution is 2.19. The summed E-state index contributed by atoms with van der Waals surface area (Å²) in [5.74, 6) is 0.915. The highest BCUT2D eigenvalue weighted by Gasteiger charge is 2.27. The number of thiazole rings is 1. The van der Waals surface area contributed by atoms with Gasteiger partial charge in [0.25, 0.3) is 0 Å². The Balaban J connectivity index is 0.00000338. The van der Waals surface area contributed by atoms with Crippen molar-refractivity contribution in [3.05, 3.63) is 16.1 Å². The molecule has 0 radical (unpaired) electrons. The van der Waals surface area contributed by atoms with Crippen molar-refractivity contribution in [3.63, 3.8) is 0 Å². The Bertz CT molecular complexity index is 571. The quantitative estimate of drug-likeness (QED) is 0.273. The van der Waals surface area contributed by atoms with Crippen molar-refractivity contribution in [2.24, 2.45) is 10.9 Å². The van der Waals surface area contributed by atoms with Crippen LogP contribution in [0.2, 0.25) is 0 Å². The van der Waals surface area contributed by atoms with Crippen molar-refractivity contribution < 1.29 is 9.53 Å². The molecule has 6 nitrogen and oxygen atoms in total. The van der Waals surface area contributed by atoms with Gasteiger partial charge in [0.2, 0.25) is 0 Å². The maximum Gasteiger partial charge on any atom is 0.309 e. The van der Waals surface area contributed by atoms with Crippen LogP contribution in [0.5, 0.6) is 0 Å². The molecule has 0 unspecified atom stereocenters. The van der Waals surface area contributed by atoms with Gasteiger partial charge in [0.15, 0.2) is 5.96 Å². The van der Waals surface area contributed by atoms with Gasteiger partial charge in [-0.25, -0.2) is 4.98 Å². The van der Waals surface area contributed by atoms with E-state index in [0.717, 1.165) is 62.8 Å². The number of ether oxygens (including phenoxy) is 1. The summed E-state index contributed by atoms with van der Waals surface area (Å²) in [5, 5.41) is 4.52. The second kappa shape index (κ2) is 12.5. The summed E-state index contributed by atoms with van der Waals surface area (Å²) < 4.78 is 5.14. The van der Waals surface area contributed by atoms with Crippen LogP contribution in [0.25, 0.3) is 0 Å². The normalized spacial score (nSPS) is 15.5. The molecular weight excluding hydrogens is 463 g/mol. The number of hydrogen-bond acceptors (Lipinski definition) is 5. The molecule has 0 amide bonds. The lowest BCUT2D eigenvalue weighted by atomic mass is 9.97. The Kier molecular flexibility index (Phi) is 11.1. The van der Waals surface area contributed by atoms with E-state index in [2.05, 4.69) is 29.0 Å². The van der Waals surface area contributed by atoms with E-state index in [1.54, 1.807) is 11.3 Å². The number of rotatable bonds is 7. The number of esters is 1. The molecule has 0 atom stereocenters. The van der Waals surface area contributed by atoms with Gasteiger partial charge in [0.1, 0.15) is 0 Å². The molecule has 26 heavy (non-hydrogen) atoms. The molecule has 0 spiro atoms. The second-order valence-electron chi connectivity index (χ2n) is 6.07. The monoisotopic (exact) mass is 494 g/mol. The molecule has 1 aromatic heterocycles. The fraction of sp³-hybridized carbons (Fsp3) is 0.722. The summed E-state index contributed by atoms with van der Waals surface area (Å²) in [6.07, 6.45) is 5.54. The van der Waals surface area contributed by atoms with E-state index < -0.39 is 0 Å². The third-order valence-electron chi connectivity index (χ3n) is 4.29. The Morgan fingerprint density at radius 3 is 2.69 bits per heavy atom. The van der Waals surface area contributed by atoms with Crippen LogP contribution < -0.4 is 5.32 Å². The first-order valence-electron chi connectivity index (χ1n) is 9.31. The molecule has 1 N–H and O–H groups in total. The summed E-state index contributed by atoms with van der Waals surface area (Å²) in [4.78, 5) is 24.6. The molecule has 8 heteroatoms. The third-order valence-corrected chi connectivity index (χ3v) is 5.49. The van der Waals surface area contributed by atoms with Gasteiger partial charge in [-0.1, -0.05) is 6.92 Å². The molecule has 0 saturated carbocycles. The first-order chi connectivity index (χ1) is 12.2. The van der Waals surface area contributed by atoms with Crippen LogP contribution in [-0.2, 0) is 22.4 Å². The molecule has 0 bridgehead atoms. The van der Waals surface area contributed by atoms with Crippen LogP contribution >= 0.6 is 35.3 Å². The molecule has 2 rings (SSSR count). The topological polar surface area (TPSA) is 66.8 Å². The average molecular weight is 494 g/mol. The first-order valence-corrected chi connectivity index (χ1v) is 10.1. The summed E-state index contributed by atoms with van der Waals surface area (Å²) in [6, 6.07) is 0. The Hall–Kier alpha value is -0.900. The number of aromatic nitrogens is 1. The van der Waals surface area contributed by atoms with Gasteiger partial charge in [-0.3, -0.25) is 9.79 Å². The van der Waals surface area contributed by atoms with Crippen molar-refractivity contribution >= 4 is 47.2 Å². The van der Waals surface area contributed by atoms with Gasteiger partial charge in [-0.15, -0.1) is 35.3 Å². The van der Waals surface area contributed by atoms with Crippen LogP contribution in [0.1, 0.15) is 43.5 Å². The number of aliphatic imine (C=N–C) groups is 1. The van der Waals surface area contributed by atoms with Gasteiger partial charge in [0.05, 0.1) is 17.5 Å². The van der Waals surface area contributed by atoms with E-state index in [-0.39, 0.29) is 35.9 Å². The lowest BCUT2D eigenvalue weighted by Crippen LogP contribution is -2.46. The number of likely N-dealkylation sites (tertiary alicyclic amines) is 1. The van der Waals surface area contributed by atoms with Crippen molar-refractivity contribution in [3.8, 4) is 0 Å². The number of guanidine groups is 1. The molecule has 148 valence electrons. The molecule has 1 aliphatic rings. The SMILES string of the molecule is CCNC(=NCCc1ncc(CC)s1)N1CCC(C(=O)OCC)CC1.I. The minimum Gasteiger partial charge on any atom is -0.466 e. The summed E-state index contributed by atoms with van der Waals surface area (Å²) in [7, 11) is 0. The summed E-state index contributed by atoms with van der Waals surface area (Å²) in [6.45, 7) is 9.80. The van der Waals surface area contributed by atoms with Crippen LogP contribution in [0, 0.1) is 5.92 Å². The fourth-order valence-electron chi connectivity index (χ4n) is 2.90. The highest BCUT2D eigenvalue weighted by atomic mass is 127. The zero-order chi connectivity index (χ0) is 18.1. The summed E-state index contributed by atoms with van der Waals surface area (Å²) in [5.41, 5.74) is 0. The fourth-order valence-corrected chi connectivity index (χ4v) is 3.75. The lowest BCUT2D eigenvalue weighted by molar-refractivity contribution is -0.149. The van der Waals surface area contributed by atoms with Gasteiger partial charge in [-0.05, 0) is 33.1 Å². The van der Waals surface area contributed by atoms with Gasteiger partial charge >= 0.3 is 5.97 Å². The number of halogens is 1. The predicted molar refractivity (Wildman–Crippen MR) is 118 cm³/mol. The van der Waals surface area contributed by atoms with E-state index in [0.29, 0.717) is 6.61 Å². The number of aryl methyl sites for hydroxylation is 1. The molecule has 1 saturated heterocycles. The number of piperidine rings is 1. The second-order valence-corrected chi connectivity index (χ2v) is 7.27. The minimum absolute atomic E-state index is 0. The van der Waals surface area contributed by atoms with Gasteiger partial charge < -0.3 is 15.0 Å². The predicted octanol–water partition coefficient (Wildman–Crippen LogP) is 3.11. The maximum absolute atomic E-state index is 11.9. The molecule has 2 heterocycles. The van der Waals surface area contributed by atoms with Gasteiger partial charge in [0, 0.05) is 43.7 Å². The number of nitrogens with one attached hydrogen (secondary N) is 1. The van der Waals surface area contributed by atoms with Crippen LogP contribution in [0.4, 0.5) is 0 Å². The van der Waals surface area contributed by atoms with E-state index in [1.165, 1.54) is 4.88 Å². The van der Waals surface area contributed by atoms with Crippen molar-refractivity contribution in [1.82, 2.24) is 15.2 Å². The maximum atomic E-state index is 11.9. The average Bonchev–Trinajstić information content (AvgIpc) is 3.09. The van der Waals surface area contributed by atoms with Crippen molar-refractivity contribution in [1.29, 1.82) is 0 Å². The Morgan fingerprint density at radius 2 is 2.12 bits per heavy atom. The van der Waals surface area contributed by atoms with E-state index in [1.807, 2.05) is 13.1 Å². The van der Waals surface area contributed by atoms with E-state index in [9.17, 15) is 4.79 Å². The molecule has 1 aromatic rings. The molecule has 0 aromatic carbocycles. The standard InChI is InChI=1S/C18H30N4O2S.HI/c1-4-15-13-21-16(25-15)7-10-20-18(19-5-2)22-11-8-14(9-12-22)17(23)24-6-3;/h13-14H,4-12H2,1-3H3,(H,19,20);1H. The third kappa shape index (κ3) is 7.02.